The van der Waals surface area contributed by atoms with Crippen LogP contribution in [0.15, 0.2) is 30.5 Å². The van der Waals surface area contributed by atoms with Gasteiger partial charge >= 0.3 is 0 Å². The minimum Gasteiger partial charge on any atom is -0.316 e. The molecule has 114 valence electrons. The molecule has 0 saturated heterocycles. The molecule has 0 amide bonds. The fourth-order valence-electron chi connectivity index (χ4n) is 2.25. The second kappa shape index (κ2) is 7.30. The van der Waals surface area contributed by atoms with Gasteiger partial charge in [-0.15, -0.1) is 0 Å². The van der Waals surface area contributed by atoms with Crippen LogP contribution in [-0.4, -0.2) is 22.9 Å². The Morgan fingerprint density at radius 1 is 1.14 bits per heavy atom. The molecule has 2 rings (SSSR count). The van der Waals surface area contributed by atoms with E-state index in [-0.39, 0.29) is 0 Å². The third-order valence-corrected chi connectivity index (χ3v) is 4.26. The van der Waals surface area contributed by atoms with Crippen LogP contribution in [0.3, 0.4) is 0 Å². The Balaban J connectivity index is 2.03. The topological polar surface area (TPSA) is 29.9 Å². The molecular formula is C16H21Cl2N3. The predicted octanol–water partition coefficient (Wildman–Crippen LogP) is 4.14. The maximum Gasteiger partial charge on any atom is 0.0640 e. The van der Waals surface area contributed by atoms with Crippen molar-refractivity contribution in [1.29, 1.82) is 0 Å². The van der Waals surface area contributed by atoms with Crippen molar-refractivity contribution in [2.45, 2.75) is 38.8 Å². The highest BCUT2D eigenvalue weighted by Crippen LogP contribution is 2.23. The monoisotopic (exact) mass is 325 g/mol. The number of rotatable bonds is 6. The first kappa shape index (κ1) is 16.3. The van der Waals surface area contributed by atoms with Crippen molar-refractivity contribution >= 4 is 23.2 Å². The molecule has 21 heavy (non-hydrogen) atoms. The number of halogens is 2. The van der Waals surface area contributed by atoms with Gasteiger partial charge in [-0.3, -0.25) is 4.68 Å². The van der Waals surface area contributed by atoms with Crippen molar-refractivity contribution in [3.05, 3.63) is 51.8 Å². The predicted molar refractivity (Wildman–Crippen MR) is 89.3 cm³/mol. The van der Waals surface area contributed by atoms with Crippen LogP contribution < -0.4 is 5.32 Å². The molecule has 3 nitrogen and oxygen atoms in total. The van der Waals surface area contributed by atoms with Gasteiger partial charge in [-0.05, 0) is 51.1 Å². The van der Waals surface area contributed by atoms with Crippen LogP contribution in [0.2, 0.25) is 10.0 Å². The molecule has 1 N–H and O–H groups in total. The van der Waals surface area contributed by atoms with E-state index in [4.69, 9.17) is 23.2 Å². The number of hydrogen-bond donors (Lipinski definition) is 1. The Hall–Kier alpha value is -1.03. The quantitative estimate of drug-likeness (QED) is 0.864. The summed E-state index contributed by atoms with van der Waals surface area (Å²) in [6, 6.07) is 8.59. The van der Waals surface area contributed by atoms with Crippen LogP contribution in [0.1, 0.15) is 31.1 Å². The summed E-state index contributed by atoms with van der Waals surface area (Å²) in [5, 5.41) is 9.15. The molecule has 0 aliphatic heterocycles. The lowest BCUT2D eigenvalue weighted by atomic mass is 10.0. The summed E-state index contributed by atoms with van der Waals surface area (Å²) in [6.07, 6.45) is 3.81. The van der Waals surface area contributed by atoms with E-state index in [0.29, 0.717) is 22.1 Å². The lowest BCUT2D eigenvalue weighted by molar-refractivity contribution is 0.508. The zero-order chi connectivity index (χ0) is 15.4. The van der Waals surface area contributed by atoms with Crippen LogP contribution in [0, 0.1) is 0 Å². The third kappa shape index (κ3) is 4.47. The Bertz CT molecular complexity index is 593. The van der Waals surface area contributed by atoms with Crippen LogP contribution in [0.25, 0.3) is 0 Å². The molecular weight excluding hydrogens is 305 g/mol. The van der Waals surface area contributed by atoms with Gasteiger partial charge in [0.1, 0.15) is 0 Å². The zero-order valence-corrected chi connectivity index (χ0v) is 14.1. The summed E-state index contributed by atoms with van der Waals surface area (Å²) in [4.78, 5) is 0. The second-order valence-corrected chi connectivity index (χ2v) is 6.34. The Labute approximate surface area is 136 Å². The van der Waals surface area contributed by atoms with E-state index in [1.54, 1.807) is 0 Å². The van der Waals surface area contributed by atoms with Crippen molar-refractivity contribution in [3.63, 3.8) is 0 Å². The van der Waals surface area contributed by atoms with Gasteiger partial charge in [0, 0.05) is 24.7 Å². The van der Waals surface area contributed by atoms with Gasteiger partial charge in [0.05, 0.1) is 15.7 Å². The van der Waals surface area contributed by atoms with E-state index in [9.17, 15) is 0 Å². The van der Waals surface area contributed by atoms with E-state index in [0.717, 1.165) is 18.5 Å². The molecule has 0 radical (unpaired) electrons. The van der Waals surface area contributed by atoms with Crippen molar-refractivity contribution in [2.75, 3.05) is 7.05 Å². The lowest BCUT2D eigenvalue weighted by Gasteiger charge is -2.15. The van der Waals surface area contributed by atoms with Gasteiger partial charge in [-0.2, -0.15) is 5.10 Å². The highest BCUT2D eigenvalue weighted by Gasteiger charge is 2.12. The molecule has 2 aromatic rings. The van der Waals surface area contributed by atoms with E-state index in [1.807, 2.05) is 36.1 Å². The Kier molecular flexibility index (Phi) is 5.68. The average Bonchev–Trinajstić information content (AvgIpc) is 2.91. The number of benzene rings is 1. The summed E-state index contributed by atoms with van der Waals surface area (Å²) in [5.74, 6) is 0. The minimum absolute atomic E-state index is 0.317. The van der Waals surface area contributed by atoms with Gasteiger partial charge in [0.15, 0.2) is 0 Å². The molecule has 1 aromatic carbocycles. The molecule has 1 aromatic heterocycles. The summed E-state index contributed by atoms with van der Waals surface area (Å²) in [6.45, 7) is 4.25. The van der Waals surface area contributed by atoms with Crippen molar-refractivity contribution < 1.29 is 0 Å². The molecule has 0 saturated carbocycles. The van der Waals surface area contributed by atoms with Crippen LogP contribution in [-0.2, 0) is 12.8 Å². The maximum atomic E-state index is 6.07. The Morgan fingerprint density at radius 2 is 1.90 bits per heavy atom. The smallest absolute Gasteiger partial charge is 0.0640 e. The standard InChI is InChI=1S/C16H21Cl2N3/c1-11(2)21-7-6-13(20-21)10-14(19-3)8-12-4-5-15(17)16(18)9-12/h4-7,9,11,14,19H,8,10H2,1-3H3. The van der Waals surface area contributed by atoms with Crippen molar-refractivity contribution in [2.24, 2.45) is 0 Å². The first-order chi connectivity index (χ1) is 9.99. The molecule has 0 aliphatic rings. The number of nitrogens with one attached hydrogen (secondary N) is 1. The highest BCUT2D eigenvalue weighted by molar-refractivity contribution is 6.42. The van der Waals surface area contributed by atoms with Gasteiger partial charge in [-0.25, -0.2) is 0 Å². The molecule has 0 fully saturated rings. The van der Waals surface area contributed by atoms with Crippen molar-refractivity contribution in [3.8, 4) is 0 Å². The average molecular weight is 326 g/mol. The van der Waals surface area contributed by atoms with Crippen LogP contribution in [0.5, 0.6) is 0 Å². The SMILES string of the molecule is CNC(Cc1ccc(Cl)c(Cl)c1)Cc1ccn(C(C)C)n1. The summed E-state index contributed by atoms with van der Waals surface area (Å²) < 4.78 is 1.99. The normalized spacial score (nSPS) is 12.9. The van der Waals surface area contributed by atoms with Gasteiger partial charge in [-0.1, -0.05) is 29.3 Å². The van der Waals surface area contributed by atoms with Gasteiger partial charge in [0.2, 0.25) is 0 Å². The largest absolute Gasteiger partial charge is 0.316 e. The molecule has 0 spiro atoms. The Morgan fingerprint density at radius 3 is 2.48 bits per heavy atom. The lowest BCUT2D eigenvalue weighted by Crippen LogP contribution is -2.30. The van der Waals surface area contributed by atoms with E-state index in [2.05, 4.69) is 30.3 Å². The molecule has 1 heterocycles. The van der Waals surface area contributed by atoms with E-state index < -0.39 is 0 Å². The highest BCUT2D eigenvalue weighted by atomic mass is 35.5. The summed E-state index contributed by atoms with van der Waals surface area (Å²) in [5.41, 5.74) is 2.27. The zero-order valence-electron chi connectivity index (χ0n) is 12.6. The van der Waals surface area contributed by atoms with Gasteiger partial charge < -0.3 is 5.32 Å². The summed E-state index contributed by atoms with van der Waals surface area (Å²) >= 11 is 12.0. The van der Waals surface area contributed by atoms with Gasteiger partial charge in [0.25, 0.3) is 0 Å². The number of nitrogens with zero attached hydrogens (tertiary/aromatic N) is 2. The molecule has 1 atom stereocenters. The molecule has 1 unspecified atom stereocenters. The molecule has 0 bridgehead atoms. The maximum absolute atomic E-state index is 6.07. The number of likely N-dealkylation sites (N-methyl/N-ethyl adjacent to an activating group) is 1. The van der Waals surface area contributed by atoms with E-state index in [1.165, 1.54) is 5.56 Å². The van der Waals surface area contributed by atoms with Crippen LogP contribution in [0.4, 0.5) is 0 Å². The van der Waals surface area contributed by atoms with Crippen LogP contribution >= 0.6 is 23.2 Å². The third-order valence-electron chi connectivity index (χ3n) is 3.52. The number of hydrogen-bond acceptors (Lipinski definition) is 2. The number of aromatic nitrogens is 2. The van der Waals surface area contributed by atoms with E-state index >= 15 is 0 Å². The summed E-state index contributed by atoms with van der Waals surface area (Å²) in [7, 11) is 1.97. The fraction of sp³-hybridized carbons (Fsp3) is 0.438. The fourth-order valence-corrected chi connectivity index (χ4v) is 2.57. The molecule has 0 aliphatic carbocycles. The first-order valence-corrected chi connectivity index (χ1v) is 7.90. The second-order valence-electron chi connectivity index (χ2n) is 5.52. The van der Waals surface area contributed by atoms with Crippen molar-refractivity contribution in [1.82, 2.24) is 15.1 Å². The molecule has 5 heteroatoms. The minimum atomic E-state index is 0.317. The first-order valence-electron chi connectivity index (χ1n) is 7.14.